The van der Waals surface area contributed by atoms with E-state index in [2.05, 4.69) is 20.3 Å². The normalized spacial score (nSPS) is 30.1. The van der Waals surface area contributed by atoms with Gasteiger partial charge in [-0.2, -0.15) is 0 Å². The summed E-state index contributed by atoms with van der Waals surface area (Å²) in [7, 11) is 1.75. The minimum absolute atomic E-state index is 0.258. The molecule has 3 rings (SSSR count). The lowest BCUT2D eigenvalue weighted by Crippen LogP contribution is -2.36. The number of nitrogen functional groups attached to an aromatic ring is 1. The van der Waals surface area contributed by atoms with E-state index in [0.29, 0.717) is 17.7 Å². The van der Waals surface area contributed by atoms with Crippen LogP contribution in [0.4, 0.5) is 5.82 Å². The van der Waals surface area contributed by atoms with Gasteiger partial charge in [0, 0.05) is 6.54 Å². The van der Waals surface area contributed by atoms with Gasteiger partial charge in [0.25, 0.3) is 0 Å². The number of fused-ring (bicyclic) bond motifs is 1. The second-order valence-corrected chi connectivity index (χ2v) is 4.69. The molecule has 20 heavy (non-hydrogen) atoms. The number of hydrogen-bond donors (Lipinski definition) is 4. The zero-order valence-electron chi connectivity index (χ0n) is 10.8. The number of hydrogen-bond acceptors (Lipinski definition) is 8. The number of aliphatic hydroxyl groups is 2. The number of nitrogens with two attached hydrogens (primary N) is 1. The lowest BCUT2D eigenvalue weighted by molar-refractivity contribution is -0.0337. The summed E-state index contributed by atoms with van der Waals surface area (Å²) in [6, 6.07) is 0. The Labute approximate surface area is 114 Å². The molecule has 3 heterocycles. The Bertz CT molecular complexity index is 617. The maximum Gasteiger partial charge on any atom is 0.167 e. The highest BCUT2D eigenvalue weighted by atomic mass is 16.6. The second-order valence-electron chi connectivity index (χ2n) is 4.69. The maximum atomic E-state index is 10.1. The van der Waals surface area contributed by atoms with Crippen molar-refractivity contribution in [3.8, 4) is 0 Å². The van der Waals surface area contributed by atoms with Crippen molar-refractivity contribution in [1.82, 2.24) is 24.8 Å². The van der Waals surface area contributed by atoms with E-state index in [-0.39, 0.29) is 5.82 Å². The van der Waals surface area contributed by atoms with Crippen molar-refractivity contribution in [1.29, 1.82) is 0 Å². The summed E-state index contributed by atoms with van der Waals surface area (Å²) in [5.41, 5.74) is 6.61. The number of ether oxygens (including phenoxy) is 1. The van der Waals surface area contributed by atoms with Gasteiger partial charge in [0.05, 0.1) is 6.33 Å². The molecule has 9 heteroatoms. The zero-order chi connectivity index (χ0) is 14.3. The fourth-order valence-electron chi connectivity index (χ4n) is 2.39. The molecule has 0 saturated carbocycles. The van der Waals surface area contributed by atoms with E-state index in [0.717, 1.165) is 0 Å². The number of nitrogens with one attached hydrogen (secondary N) is 1. The monoisotopic (exact) mass is 280 g/mol. The molecule has 2 aromatic rings. The standard InChI is InChI=1S/C11H16N6O3/c1-13-2-5-7(18)8(19)11(20-5)17-4-16-6-9(12)14-3-15-10(6)17/h3-5,7-8,11,13,18-19H,2H2,1H3,(H2,12,14,15)/t5-,7-,8-,11-/m1/s1. The first-order valence-corrected chi connectivity index (χ1v) is 6.22. The van der Waals surface area contributed by atoms with Gasteiger partial charge in [0.15, 0.2) is 17.7 Å². The molecule has 0 unspecified atom stereocenters. The van der Waals surface area contributed by atoms with Crippen molar-refractivity contribution in [3.05, 3.63) is 12.7 Å². The number of likely N-dealkylation sites (N-methyl/N-ethyl adjacent to an activating group) is 1. The van der Waals surface area contributed by atoms with Crippen LogP contribution in [0.2, 0.25) is 0 Å². The molecule has 0 aliphatic carbocycles. The fraction of sp³-hybridized carbons (Fsp3) is 0.545. The van der Waals surface area contributed by atoms with Crippen LogP contribution >= 0.6 is 0 Å². The zero-order valence-corrected chi connectivity index (χ0v) is 10.8. The molecule has 1 aliphatic heterocycles. The van der Waals surface area contributed by atoms with Crippen LogP contribution in [0.5, 0.6) is 0 Å². The van der Waals surface area contributed by atoms with E-state index >= 15 is 0 Å². The van der Waals surface area contributed by atoms with Gasteiger partial charge in [-0.1, -0.05) is 0 Å². The van der Waals surface area contributed by atoms with Crippen molar-refractivity contribution in [2.45, 2.75) is 24.5 Å². The van der Waals surface area contributed by atoms with Gasteiger partial charge in [0.1, 0.15) is 30.2 Å². The molecule has 1 saturated heterocycles. The third-order valence-corrected chi connectivity index (χ3v) is 3.40. The van der Waals surface area contributed by atoms with Gasteiger partial charge in [-0.25, -0.2) is 15.0 Å². The SMILES string of the molecule is CNC[C@H]1O[C@@H](n2cnc3c(N)ncnc32)[C@H](O)[C@@H]1O. The average molecular weight is 280 g/mol. The predicted molar refractivity (Wildman–Crippen MR) is 69.6 cm³/mol. The van der Waals surface area contributed by atoms with Crippen LogP contribution in [0.3, 0.4) is 0 Å². The first-order valence-electron chi connectivity index (χ1n) is 6.22. The maximum absolute atomic E-state index is 10.1. The van der Waals surface area contributed by atoms with E-state index in [1.54, 1.807) is 11.6 Å². The quantitative estimate of drug-likeness (QED) is 0.520. The number of aliphatic hydroxyl groups excluding tert-OH is 2. The largest absolute Gasteiger partial charge is 0.387 e. The number of aromatic nitrogens is 4. The summed E-state index contributed by atoms with van der Waals surface area (Å²) in [6.45, 7) is 0.429. The second kappa shape index (κ2) is 4.94. The van der Waals surface area contributed by atoms with Crippen molar-refractivity contribution in [3.63, 3.8) is 0 Å². The molecule has 0 bridgehead atoms. The summed E-state index contributed by atoms with van der Waals surface area (Å²) < 4.78 is 7.23. The molecular weight excluding hydrogens is 264 g/mol. The minimum Gasteiger partial charge on any atom is -0.387 e. The topological polar surface area (TPSA) is 131 Å². The summed E-state index contributed by atoms with van der Waals surface area (Å²) in [6.07, 6.45) is -0.526. The summed E-state index contributed by atoms with van der Waals surface area (Å²) in [5, 5.41) is 23.0. The fourth-order valence-corrected chi connectivity index (χ4v) is 2.39. The smallest absolute Gasteiger partial charge is 0.167 e. The van der Waals surface area contributed by atoms with Crippen molar-refractivity contribution in [2.24, 2.45) is 0 Å². The summed E-state index contributed by atoms with van der Waals surface area (Å²) >= 11 is 0. The van der Waals surface area contributed by atoms with Crippen molar-refractivity contribution >= 4 is 17.0 Å². The first kappa shape index (κ1) is 13.2. The molecule has 0 amide bonds. The summed E-state index contributed by atoms with van der Waals surface area (Å²) in [5.74, 6) is 0.258. The molecule has 0 aromatic carbocycles. The van der Waals surface area contributed by atoms with Crippen LogP contribution in [0.15, 0.2) is 12.7 Å². The Morgan fingerprint density at radius 3 is 2.90 bits per heavy atom. The minimum atomic E-state index is -1.07. The molecular formula is C11H16N6O3. The molecule has 0 radical (unpaired) electrons. The van der Waals surface area contributed by atoms with E-state index in [9.17, 15) is 10.2 Å². The lowest BCUT2D eigenvalue weighted by Gasteiger charge is -2.16. The molecule has 1 aliphatic rings. The molecule has 1 fully saturated rings. The molecule has 2 aromatic heterocycles. The number of anilines is 1. The molecule has 9 nitrogen and oxygen atoms in total. The van der Waals surface area contributed by atoms with Crippen LogP contribution in [0.25, 0.3) is 11.2 Å². The van der Waals surface area contributed by atoms with Crippen LogP contribution in [0, 0.1) is 0 Å². The number of nitrogens with zero attached hydrogens (tertiary/aromatic N) is 4. The first-order chi connectivity index (χ1) is 9.63. The highest BCUT2D eigenvalue weighted by molar-refractivity contribution is 5.81. The van der Waals surface area contributed by atoms with Crippen LogP contribution in [-0.2, 0) is 4.74 Å². The highest BCUT2D eigenvalue weighted by Gasteiger charge is 2.43. The van der Waals surface area contributed by atoms with Crippen LogP contribution in [-0.4, -0.2) is 61.6 Å². The molecule has 4 atom stereocenters. The van der Waals surface area contributed by atoms with E-state index in [1.807, 2.05) is 0 Å². The Morgan fingerprint density at radius 2 is 2.15 bits per heavy atom. The number of rotatable bonds is 3. The summed E-state index contributed by atoms with van der Waals surface area (Å²) in [4.78, 5) is 12.1. The van der Waals surface area contributed by atoms with Gasteiger partial charge < -0.3 is 26.0 Å². The third kappa shape index (κ3) is 1.91. The van der Waals surface area contributed by atoms with Crippen LogP contribution in [0.1, 0.15) is 6.23 Å². The van der Waals surface area contributed by atoms with Crippen molar-refractivity contribution < 1.29 is 14.9 Å². The lowest BCUT2D eigenvalue weighted by atomic mass is 10.1. The molecule has 5 N–H and O–H groups in total. The van der Waals surface area contributed by atoms with Crippen LogP contribution < -0.4 is 11.1 Å². The Kier molecular flexibility index (Phi) is 3.26. The highest BCUT2D eigenvalue weighted by Crippen LogP contribution is 2.31. The average Bonchev–Trinajstić information content (AvgIpc) is 2.97. The van der Waals surface area contributed by atoms with E-state index in [1.165, 1.54) is 12.7 Å². The van der Waals surface area contributed by atoms with Gasteiger partial charge in [-0.05, 0) is 7.05 Å². The van der Waals surface area contributed by atoms with Crippen molar-refractivity contribution in [2.75, 3.05) is 19.3 Å². The van der Waals surface area contributed by atoms with E-state index in [4.69, 9.17) is 10.5 Å². The van der Waals surface area contributed by atoms with E-state index < -0.39 is 24.5 Å². The van der Waals surface area contributed by atoms with Gasteiger partial charge in [0.2, 0.25) is 0 Å². The molecule has 0 spiro atoms. The van der Waals surface area contributed by atoms with Gasteiger partial charge in [-0.15, -0.1) is 0 Å². The predicted octanol–water partition coefficient (Wildman–Crippen LogP) is -1.75. The Morgan fingerprint density at radius 1 is 1.35 bits per heavy atom. The Hall–Kier alpha value is -1.81. The van der Waals surface area contributed by atoms with Gasteiger partial charge >= 0.3 is 0 Å². The van der Waals surface area contributed by atoms with Gasteiger partial charge in [-0.3, -0.25) is 4.57 Å². The Balaban J connectivity index is 1.97. The molecule has 108 valence electrons. The number of imidazole rings is 1. The third-order valence-electron chi connectivity index (χ3n) is 3.40.